The monoisotopic (exact) mass is 218 g/mol. The summed E-state index contributed by atoms with van der Waals surface area (Å²) in [6, 6.07) is 6.28. The van der Waals surface area contributed by atoms with E-state index < -0.39 is 0 Å². The van der Waals surface area contributed by atoms with Crippen LogP contribution in [-0.4, -0.2) is 18.1 Å². The van der Waals surface area contributed by atoms with E-state index in [1.807, 2.05) is 18.3 Å². The second-order valence-electron chi connectivity index (χ2n) is 4.10. The van der Waals surface area contributed by atoms with Crippen molar-refractivity contribution in [1.29, 1.82) is 0 Å². The van der Waals surface area contributed by atoms with Gasteiger partial charge in [0.15, 0.2) is 0 Å². The average molecular weight is 218 g/mol. The third-order valence-electron chi connectivity index (χ3n) is 2.98. The standard InChI is InChI=1S/C13H18N2O/c1-3-10(14)6-9-8-15-13-5-4-11(16-2)7-12(9)13/h4-5,7-8,10,15H,3,6,14H2,1-2H3. The van der Waals surface area contributed by atoms with Crippen molar-refractivity contribution in [2.75, 3.05) is 7.11 Å². The SMILES string of the molecule is CCC(N)Cc1c[nH]c2ccc(OC)cc12. The minimum Gasteiger partial charge on any atom is -0.497 e. The van der Waals surface area contributed by atoms with E-state index in [0.717, 1.165) is 24.1 Å². The van der Waals surface area contributed by atoms with Crippen LogP contribution in [0.3, 0.4) is 0 Å². The van der Waals surface area contributed by atoms with Crippen molar-refractivity contribution in [1.82, 2.24) is 4.98 Å². The molecule has 0 saturated heterocycles. The van der Waals surface area contributed by atoms with Crippen molar-refractivity contribution in [3.63, 3.8) is 0 Å². The zero-order valence-electron chi connectivity index (χ0n) is 9.79. The Labute approximate surface area is 95.6 Å². The highest BCUT2D eigenvalue weighted by Crippen LogP contribution is 2.24. The quantitative estimate of drug-likeness (QED) is 0.828. The number of benzene rings is 1. The lowest BCUT2D eigenvalue weighted by molar-refractivity contribution is 0.415. The van der Waals surface area contributed by atoms with Crippen LogP contribution in [0.25, 0.3) is 10.9 Å². The number of rotatable bonds is 4. The second kappa shape index (κ2) is 4.58. The summed E-state index contributed by atoms with van der Waals surface area (Å²) in [5.74, 6) is 0.887. The van der Waals surface area contributed by atoms with E-state index in [1.54, 1.807) is 7.11 Å². The number of hydrogen-bond acceptors (Lipinski definition) is 2. The van der Waals surface area contributed by atoms with Gasteiger partial charge in [-0.2, -0.15) is 0 Å². The predicted molar refractivity (Wildman–Crippen MR) is 66.8 cm³/mol. The number of nitrogens with two attached hydrogens (primary N) is 1. The third kappa shape index (κ3) is 2.04. The van der Waals surface area contributed by atoms with E-state index in [1.165, 1.54) is 10.9 Å². The van der Waals surface area contributed by atoms with Crippen LogP contribution < -0.4 is 10.5 Å². The molecule has 0 aliphatic carbocycles. The summed E-state index contributed by atoms with van der Waals surface area (Å²) >= 11 is 0. The summed E-state index contributed by atoms with van der Waals surface area (Å²) in [5, 5.41) is 1.21. The molecule has 0 bridgehead atoms. The van der Waals surface area contributed by atoms with Gasteiger partial charge in [-0.15, -0.1) is 0 Å². The number of methoxy groups -OCH3 is 1. The van der Waals surface area contributed by atoms with Gasteiger partial charge in [-0.25, -0.2) is 0 Å². The van der Waals surface area contributed by atoms with Gasteiger partial charge in [0.1, 0.15) is 5.75 Å². The molecule has 1 aromatic carbocycles. The van der Waals surface area contributed by atoms with Gasteiger partial charge in [-0.3, -0.25) is 0 Å². The van der Waals surface area contributed by atoms with Gasteiger partial charge < -0.3 is 15.5 Å². The Balaban J connectivity index is 2.38. The van der Waals surface area contributed by atoms with Gasteiger partial charge in [-0.1, -0.05) is 6.92 Å². The number of ether oxygens (including phenoxy) is 1. The normalized spacial score (nSPS) is 12.9. The first-order valence-corrected chi connectivity index (χ1v) is 5.64. The van der Waals surface area contributed by atoms with Crippen molar-refractivity contribution in [3.05, 3.63) is 30.0 Å². The molecule has 2 rings (SSSR count). The van der Waals surface area contributed by atoms with Crippen LogP contribution in [0.1, 0.15) is 18.9 Å². The first kappa shape index (κ1) is 11.0. The maximum absolute atomic E-state index is 5.98. The summed E-state index contributed by atoms with van der Waals surface area (Å²) < 4.78 is 5.23. The molecule has 86 valence electrons. The second-order valence-corrected chi connectivity index (χ2v) is 4.10. The first-order valence-electron chi connectivity index (χ1n) is 5.64. The molecule has 1 unspecified atom stereocenters. The summed E-state index contributed by atoms with van der Waals surface area (Å²) in [6.07, 6.45) is 3.94. The van der Waals surface area contributed by atoms with Crippen LogP contribution in [0.5, 0.6) is 5.75 Å². The fourth-order valence-corrected chi connectivity index (χ4v) is 1.88. The molecule has 0 amide bonds. The topological polar surface area (TPSA) is 51.0 Å². The Morgan fingerprint density at radius 1 is 1.44 bits per heavy atom. The molecule has 3 heteroatoms. The molecule has 1 aromatic heterocycles. The molecular formula is C13H18N2O. The smallest absolute Gasteiger partial charge is 0.119 e. The van der Waals surface area contributed by atoms with Crippen LogP contribution in [0.15, 0.2) is 24.4 Å². The zero-order valence-corrected chi connectivity index (χ0v) is 9.79. The van der Waals surface area contributed by atoms with Crippen LogP contribution in [0, 0.1) is 0 Å². The number of fused-ring (bicyclic) bond motifs is 1. The lowest BCUT2D eigenvalue weighted by atomic mass is 10.0. The minimum atomic E-state index is 0.227. The van der Waals surface area contributed by atoms with Crippen LogP contribution >= 0.6 is 0 Å². The van der Waals surface area contributed by atoms with Gasteiger partial charge >= 0.3 is 0 Å². The molecule has 2 aromatic rings. The number of aromatic nitrogens is 1. The molecule has 3 N–H and O–H groups in total. The van der Waals surface area contributed by atoms with E-state index in [4.69, 9.17) is 10.5 Å². The van der Waals surface area contributed by atoms with Crippen molar-refractivity contribution in [2.24, 2.45) is 5.73 Å². The van der Waals surface area contributed by atoms with Crippen LogP contribution in [0.4, 0.5) is 0 Å². The summed E-state index contributed by atoms with van der Waals surface area (Å²) in [7, 11) is 1.69. The number of H-pyrrole nitrogens is 1. The molecule has 3 nitrogen and oxygen atoms in total. The van der Waals surface area contributed by atoms with Gasteiger partial charge in [0.25, 0.3) is 0 Å². The fourth-order valence-electron chi connectivity index (χ4n) is 1.88. The van der Waals surface area contributed by atoms with E-state index in [2.05, 4.69) is 18.0 Å². The molecule has 1 atom stereocenters. The number of aromatic amines is 1. The van der Waals surface area contributed by atoms with Crippen LogP contribution in [0.2, 0.25) is 0 Å². The molecule has 0 radical (unpaired) electrons. The predicted octanol–water partition coefficient (Wildman–Crippen LogP) is 2.46. The van der Waals surface area contributed by atoms with Gasteiger partial charge in [0, 0.05) is 23.1 Å². The van der Waals surface area contributed by atoms with E-state index in [9.17, 15) is 0 Å². The van der Waals surface area contributed by atoms with Gasteiger partial charge in [0.2, 0.25) is 0 Å². The molecule has 16 heavy (non-hydrogen) atoms. The first-order chi connectivity index (χ1) is 7.74. The summed E-state index contributed by atoms with van der Waals surface area (Å²) in [4.78, 5) is 3.26. The molecule has 0 aliphatic heterocycles. The molecular weight excluding hydrogens is 200 g/mol. The lowest BCUT2D eigenvalue weighted by Crippen LogP contribution is -2.21. The molecule has 0 saturated carbocycles. The van der Waals surface area contributed by atoms with E-state index >= 15 is 0 Å². The maximum atomic E-state index is 5.98. The highest BCUT2D eigenvalue weighted by Gasteiger charge is 2.08. The molecule has 0 spiro atoms. The van der Waals surface area contributed by atoms with Crippen molar-refractivity contribution in [3.8, 4) is 5.75 Å². The Bertz CT molecular complexity index is 476. The Kier molecular flexibility index (Phi) is 3.15. The minimum absolute atomic E-state index is 0.227. The summed E-state index contributed by atoms with van der Waals surface area (Å²) in [6.45, 7) is 2.11. The molecule has 0 aliphatic rings. The van der Waals surface area contributed by atoms with Crippen molar-refractivity contribution in [2.45, 2.75) is 25.8 Å². The zero-order chi connectivity index (χ0) is 11.5. The number of hydrogen-bond donors (Lipinski definition) is 2. The van der Waals surface area contributed by atoms with Gasteiger partial charge in [-0.05, 0) is 36.6 Å². The lowest BCUT2D eigenvalue weighted by Gasteiger charge is -2.07. The Morgan fingerprint density at radius 2 is 2.25 bits per heavy atom. The van der Waals surface area contributed by atoms with Gasteiger partial charge in [0.05, 0.1) is 7.11 Å². The Hall–Kier alpha value is -1.48. The van der Waals surface area contributed by atoms with Crippen LogP contribution in [-0.2, 0) is 6.42 Å². The Morgan fingerprint density at radius 3 is 2.94 bits per heavy atom. The van der Waals surface area contributed by atoms with Crippen molar-refractivity contribution < 1.29 is 4.74 Å². The molecule has 1 heterocycles. The fraction of sp³-hybridized carbons (Fsp3) is 0.385. The maximum Gasteiger partial charge on any atom is 0.119 e. The van der Waals surface area contributed by atoms with Crippen molar-refractivity contribution >= 4 is 10.9 Å². The summed E-state index contributed by atoms with van der Waals surface area (Å²) in [5.41, 5.74) is 8.39. The molecule has 0 fully saturated rings. The van der Waals surface area contributed by atoms with E-state index in [0.29, 0.717) is 0 Å². The highest BCUT2D eigenvalue weighted by molar-refractivity contribution is 5.84. The number of nitrogens with one attached hydrogen (secondary N) is 1. The highest BCUT2D eigenvalue weighted by atomic mass is 16.5. The largest absolute Gasteiger partial charge is 0.497 e. The van der Waals surface area contributed by atoms with E-state index in [-0.39, 0.29) is 6.04 Å². The average Bonchev–Trinajstić information content (AvgIpc) is 2.71. The third-order valence-corrected chi connectivity index (χ3v) is 2.98.